The van der Waals surface area contributed by atoms with Crippen LogP contribution >= 0.6 is 11.6 Å². The summed E-state index contributed by atoms with van der Waals surface area (Å²) in [5.41, 5.74) is 1.14. The van der Waals surface area contributed by atoms with Gasteiger partial charge in [-0.1, -0.05) is 17.7 Å². The highest BCUT2D eigenvalue weighted by molar-refractivity contribution is 6.32. The summed E-state index contributed by atoms with van der Waals surface area (Å²) in [6.45, 7) is 6.48. The molecule has 3 nitrogen and oxygen atoms in total. The minimum Gasteiger partial charge on any atom is -0.491 e. The Morgan fingerprint density at radius 1 is 1.53 bits per heavy atom. The van der Waals surface area contributed by atoms with Gasteiger partial charge in [0.1, 0.15) is 12.4 Å². The predicted octanol–water partition coefficient (Wildman–Crippen LogP) is 3.18. The molecule has 2 rings (SSSR count). The number of hydrogen-bond donors (Lipinski definition) is 1. The van der Waals surface area contributed by atoms with Gasteiger partial charge < -0.3 is 14.8 Å². The SMILES string of the molecule is Cc1ccc(OCCNC(C)C2CCCO2)c(Cl)c1. The van der Waals surface area contributed by atoms with Crippen molar-refractivity contribution in [2.45, 2.75) is 38.8 Å². The Bertz CT molecular complexity index is 405. The van der Waals surface area contributed by atoms with Crippen LogP contribution < -0.4 is 10.1 Å². The molecular weight excluding hydrogens is 262 g/mol. The summed E-state index contributed by atoms with van der Waals surface area (Å²) in [6, 6.07) is 6.21. The third kappa shape index (κ3) is 4.37. The monoisotopic (exact) mass is 283 g/mol. The molecule has 0 saturated carbocycles. The molecule has 19 heavy (non-hydrogen) atoms. The molecule has 1 aromatic carbocycles. The van der Waals surface area contributed by atoms with Crippen molar-refractivity contribution in [1.82, 2.24) is 5.32 Å². The van der Waals surface area contributed by atoms with Crippen molar-refractivity contribution in [2.75, 3.05) is 19.8 Å². The highest BCUT2D eigenvalue weighted by Gasteiger charge is 2.21. The standard InChI is InChI=1S/C15H22ClNO2/c1-11-5-6-15(13(16)10-11)19-9-7-17-12(2)14-4-3-8-18-14/h5-6,10,12,14,17H,3-4,7-9H2,1-2H3. The average molecular weight is 284 g/mol. The molecule has 1 saturated heterocycles. The smallest absolute Gasteiger partial charge is 0.137 e. The first-order valence-corrected chi connectivity index (χ1v) is 7.28. The molecule has 2 atom stereocenters. The molecule has 4 heteroatoms. The first kappa shape index (κ1) is 14.6. The quantitative estimate of drug-likeness (QED) is 0.814. The molecule has 0 aliphatic carbocycles. The minimum atomic E-state index is 0.350. The molecular formula is C15H22ClNO2. The van der Waals surface area contributed by atoms with E-state index >= 15 is 0 Å². The van der Waals surface area contributed by atoms with Crippen LogP contribution in [-0.4, -0.2) is 31.9 Å². The second kappa shape index (κ2) is 7.13. The van der Waals surface area contributed by atoms with Crippen LogP contribution in [0, 0.1) is 6.92 Å². The molecule has 2 unspecified atom stereocenters. The molecule has 0 radical (unpaired) electrons. The molecule has 1 aliphatic rings. The number of rotatable bonds is 6. The Kier molecular flexibility index (Phi) is 5.49. The Morgan fingerprint density at radius 2 is 2.37 bits per heavy atom. The fourth-order valence-corrected chi connectivity index (χ4v) is 2.59. The van der Waals surface area contributed by atoms with E-state index in [4.69, 9.17) is 21.1 Å². The number of nitrogens with one attached hydrogen (secondary N) is 1. The van der Waals surface area contributed by atoms with Crippen LogP contribution in [0.1, 0.15) is 25.3 Å². The Morgan fingerprint density at radius 3 is 3.05 bits per heavy atom. The molecule has 1 N–H and O–H groups in total. The Hall–Kier alpha value is -0.770. The van der Waals surface area contributed by atoms with Crippen LogP contribution in [0.25, 0.3) is 0 Å². The summed E-state index contributed by atoms with van der Waals surface area (Å²) in [4.78, 5) is 0. The zero-order chi connectivity index (χ0) is 13.7. The van der Waals surface area contributed by atoms with Gasteiger partial charge in [-0.2, -0.15) is 0 Å². The fraction of sp³-hybridized carbons (Fsp3) is 0.600. The van der Waals surface area contributed by atoms with Crippen LogP contribution in [0.3, 0.4) is 0 Å². The van der Waals surface area contributed by atoms with Crippen molar-refractivity contribution in [1.29, 1.82) is 0 Å². The summed E-state index contributed by atoms with van der Waals surface area (Å²) in [5, 5.41) is 4.11. The van der Waals surface area contributed by atoms with Crippen LogP contribution in [-0.2, 0) is 4.74 Å². The lowest BCUT2D eigenvalue weighted by atomic mass is 10.1. The van der Waals surface area contributed by atoms with Gasteiger partial charge in [-0.25, -0.2) is 0 Å². The molecule has 0 spiro atoms. The van der Waals surface area contributed by atoms with Gasteiger partial charge in [-0.05, 0) is 44.4 Å². The molecule has 1 aliphatic heterocycles. The lowest BCUT2D eigenvalue weighted by Gasteiger charge is -2.20. The van der Waals surface area contributed by atoms with Gasteiger partial charge in [0, 0.05) is 19.2 Å². The van der Waals surface area contributed by atoms with Crippen molar-refractivity contribution >= 4 is 11.6 Å². The van der Waals surface area contributed by atoms with E-state index in [-0.39, 0.29) is 0 Å². The van der Waals surface area contributed by atoms with E-state index < -0.39 is 0 Å². The number of hydrogen-bond acceptors (Lipinski definition) is 3. The lowest BCUT2D eigenvalue weighted by molar-refractivity contribution is 0.0824. The largest absolute Gasteiger partial charge is 0.491 e. The van der Waals surface area contributed by atoms with Gasteiger partial charge in [0.2, 0.25) is 0 Å². The van der Waals surface area contributed by atoms with Crippen molar-refractivity contribution < 1.29 is 9.47 Å². The van der Waals surface area contributed by atoms with Gasteiger partial charge in [0.15, 0.2) is 0 Å². The first-order valence-electron chi connectivity index (χ1n) is 6.91. The summed E-state index contributed by atoms with van der Waals surface area (Å²) >= 11 is 6.11. The van der Waals surface area contributed by atoms with E-state index in [1.54, 1.807) is 0 Å². The molecule has 106 valence electrons. The van der Waals surface area contributed by atoms with Crippen LogP contribution in [0.4, 0.5) is 0 Å². The molecule has 0 aromatic heterocycles. The summed E-state index contributed by atoms with van der Waals surface area (Å²) < 4.78 is 11.3. The maximum Gasteiger partial charge on any atom is 0.137 e. The number of aryl methyl sites for hydroxylation is 1. The third-order valence-electron chi connectivity index (χ3n) is 3.44. The van der Waals surface area contributed by atoms with Crippen molar-refractivity contribution in [2.24, 2.45) is 0 Å². The maximum atomic E-state index is 6.11. The highest BCUT2D eigenvalue weighted by atomic mass is 35.5. The Balaban J connectivity index is 1.68. The van der Waals surface area contributed by atoms with E-state index in [2.05, 4.69) is 12.2 Å². The van der Waals surface area contributed by atoms with Crippen LogP contribution in [0.5, 0.6) is 5.75 Å². The highest BCUT2D eigenvalue weighted by Crippen LogP contribution is 2.24. The summed E-state index contributed by atoms with van der Waals surface area (Å²) in [5.74, 6) is 0.749. The van der Waals surface area contributed by atoms with E-state index in [0.29, 0.717) is 23.8 Å². The second-order valence-electron chi connectivity index (χ2n) is 5.08. The molecule has 1 heterocycles. The number of halogens is 1. The van der Waals surface area contributed by atoms with Crippen molar-refractivity contribution in [3.05, 3.63) is 28.8 Å². The summed E-state index contributed by atoms with van der Waals surface area (Å²) in [7, 11) is 0. The maximum absolute atomic E-state index is 6.11. The topological polar surface area (TPSA) is 30.5 Å². The second-order valence-corrected chi connectivity index (χ2v) is 5.48. The van der Waals surface area contributed by atoms with E-state index in [9.17, 15) is 0 Å². The van der Waals surface area contributed by atoms with Crippen molar-refractivity contribution in [3.63, 3.8) is 0 Å². The first-order chi connectivity index (χ1) is 9.16. The molecule has 1 fully saturated rings. The van der Waals surface area contributed by atoms with Gasteiger partial charge in [-0.3, -0.25) is 0 Å². The van der Waals surface area contributed by atoms with Gasteiger partial charge in [0.25, 0.3) is 0 Å². The van der Waals surface area contributed by atoms with Crippen LogP contribution in [0.2, 0.25) is 5.02 Å². The van der Waals surface area contributed by atoms with Crippen molar-refractivity contribution in [3.8, 4) is 5.75 Å². The third-order valence-corrected chi connectivity index (χ3v) is 3.73. The zero-order valence-electron chi connectivity index (χ0n) is 11.6. The normalized spacial score (nSPS) is 20.5. The van der Waals surface area contributed by atoms with Gasteiger partial charge in [0.05, 0.1) is 11.1 Å². The summed E-state index contributed by atoms with van der Waals surface area (Å²) in [6.07, 6.45) is 2.67. The predicted molar refractivity (Wildman–Crippen MR) is 78.1 cm³/mol. The van der Waals surface area contributed by atoms with E-state index in [0.717, 1.165) is 30.9 Å². The van der Waals surface area contributed by atoms with Gasteiger partial charge in [-0.15, -0.1) is 0 Å². The Labute approximate surface area is 120 Å². The zero-order valence-corrected chi connectivity index (χ0v) is 12.4. The minimum absolute atomic E-state index is 0.350. The van der Waals surface area contributed by atoms with Crippen LogP contribution in [0.15, 0.2) is 18.2 Å². The van der Waals surface area contributed by atoms with E-state index in [1.165, 1.54) is 6.42 Å². The molecule has 0 amide bonds. The van der Waals surface area contributed by atoms with E-state index in [1.807, 2.05) is 25.1 Å². The molecule has 0 bridgehead atoms. The number of ether oxygens (including phenoxy) is 2. The molecule has 1 aromatic rings. The number of benzene rings is 1. The fourth-order valence-electron chi connectivity index (χ4n) is 2.30. The average Bonchev–Trinajstić information content (AvgIpc) is 2.90. The lowest BCUT2D eigenvalue weighted by Crippen LogP contribution is -2.39. The van der Waals surface area contributed by atoms with Gasteiger partial charge >= 0.3 is 0 Å².